The van der Waals surface area contributed by atoms with E-state index in [1.54, 1.807) is 0 Å². The zero-order chi connectivity index (χ0) is 13.1. The number of ketones is 1. The Morgan fingerprint density at radius 2 is 2.11 bits per heavy atom. The van der Waals surface area contributed by atoms with Crippen molar-refractivity contribution in [3.05, 3.63) is 29.8 Å². The summed E-state index contributed by atoms with van der Waals surface area (Å²) in [5, 5.41) is 3.28. The highest BCUT2D eigenvalue weighted by Crippen LogP contribution is 2.35. The van der Waals surface area contributed by atoms with Crippen LogP contribution >= 0.6 is 0 Å². The Morgan fingerprint density at radius 3 is 2.95 bits per heavy atom. The lowest BCUT2D eigenvalue weighted by Gasteiger charge is -2.25. The second kappa shape index (κ2) is 5.74. The van der Waals surface area contributed by atoms with E-state index in [-0.39, 0.29) is 0 Å². The molecule has 0 saturated heterocycles. The van der Waals surface area contributed by atoms with Crippen LogP contribution in [-0.2, 0) is 4.79 Å². The third-order valence-corrected chi connectivity index (χ3v) is 4.01. The monoisotopic (exact) mass is 259 g/mol. The summed E-state index contributed by atoms with van der Waals surface area (Å²) in [7, 11) is 0. The molecule has 1 aromatic rings. The average Bonchev–Trinajstić information content (AvgIpc) is 3.23. The molecule has 3 nitrogen and oxygen atoms in total. The lowest BCUT2D eigenvalue weighted by atomic mass is 9.89. The molecule has 3 rings (SSSR count). The van der Waals surface area contributed by atoms with Gasteiger partial charge in [-0.1, -0.05) is 18.2 Å². The van der Waals surface area contributed by atoms with Crippen LogP contribution in [0.5, 0.6) is 5.75 Å². The molecule has 1 aliphatic heterocycles. The van der Waals surface area contributed by atoms with Crippen LogP contribution in [0.4, 0.5) is 0 Å². The zero-order valence-corrected chi connectivity index (χ0v) is 11.2. The van der Waals surface area contributed by atoms with Crippen LogP contribution in [0.25, 0.3) is 0 Å². The largest absolute Gasteiger partial charge is 0.493 e. The number of benzene rings is 1. The Labute approximate surface area is 114 Å². The minimum atomic E-state index is 0.322. The second-order valence-corrected chi connectivity index (χ2v) is 5.69. The van der Waals surface area contributed by atoms with E-state index in [0.717, 1.165) is 31.2 Å². The molecule has 2 aliphatic rings. The molecule has 1 aliphatic carbocycles. The van der Waals surface area contributed by atoms with E-state index in [1.165, 1.54) is 18.4 Å². The predicted molar refractivity (Wildman–Crippen MR) is 74.5 cm³/mol. The predicted octanol–water partition coefficient (Wildman–Crippen LogP) is 2.51. The normalized spacial score (nSPS) is 21.6. The van der Waals surface area contributed by atoms with Gasteiger partial charge in [-0.05, 0) is 49.3 Å². The van der Waals surface area contributed by atoms with Crippen LogP contribution in [0.15, 0.2) is 24.3 Å². The molecule has 1 heterocycles. The van der Waals surface area contributed by atoms with Gasteiger partial charge in [0.15, 0.2) is 0 Å². The number of carbonyl (C=O) groups is 1. The average molecular weight is 259 g/mol. The van der Waals surface area contributed by atoms with Gasteiger partial charge < -0.3 is 10.1 Å². The molecule has 1 N–H and O–H groups in total. The topological polar surface area (TPSA) is 38.3 Å². The van der Waals surface area contributed by atoms with Crippen LogP contribution in [-0.4, -0.2) is 25.5 Å². The molecular formula is C16H21NO2. The fourth-order valence-electron chi connectivity index (χ4n) is 2.71. The molecule has 0 radical (unpaired) electrons. The number of nitrogens with one attached hydrogen (secondary N) is 1. The van der Waals surface area contributed by atoms with E-state index in [1.807, 2.05) is 18.2 Å². The van der Waals surface area contributed by atoms with Gasteiger partial charge in [0.1, 0.15) is 11.5 Å². The summed E-state index contributed by atoms with van der Waals surface area (Å²) in [6.45, 7) is 2.26. The van der Waals surface area contributed by atoms with Crippen molar-refractivity contribution in [2.45, 2.75) is 31.6 Å². The van der Waals surface area contributed by atoms with Crippen molar-refractivity contribution in [3.8, 4) is 5.75 Å². The SMILES string of the molecule is O=C(CNCC1CC1)CC1CCOc2ccccc21. The van der Waals surface area contributed by atoms with Crippen molar-refractivity contribution in [2.24, 2.45) is 5.92 Å². The number of fused-ring (bicyclic) bond motifs is 1. The molecule has 1 fully saturated rings. The molecule has 1 unspecified atom stereocenters. The Kier molecular flexibility index (Phi) is 3.83. The van der Waals surface area contributed by atoms with Crippen molar-refractivity contribution in [1.82, 2.24) is 5.32 Å². The Bertz CT molecular complexity index is 454. The fraction of sp³-hybridized carbons (Fsp3) is 0.562. The van der Waals surface area contributed by atoms with Crippen molar-refractivity contribution >= 4 is 5.78 Å². The van der Waals surface area contributed by atoms with Crippen molar-refractivity contribution in [2.75, 3.05) is 19.7 Å². The quantitative estimate of drug-likeness (QED) is 0.853. The number of ether oxygens (including phenoxy) is 1. The zero-order valence-electron chi connectivity index (χ0n) is 11.2. The number of hydrogen-bond donors (Lipinski definition) is 1. The molecule has 0 aromatic heterocycles. The summed E-state index contributed by atoms with van der Waals surface area (Å²) in [6, 6.07) is 8.10. The third-order valence-electron chi connectivity index (χ3n) is 4.01. The van der Waals surface area contributed by atoms with Gasteiger partial charge in [-0.15, -0.1) is 0 Å². The molecular weight excluding hydrogens is 238 g/mol. The molecule has 1 atom stereocenters. The van der Waals surface area contributed by atoms with E-state index in [9.17, 15) is 4.79 Å². The number of para-hydroxylation sites is 1. The molecule has 0 bridgehead atoms. The van der Waals surface area contributed by atoms with E-state index in [4.69, 9.17) is 4.74 Å². The van der Waals surface area contributed by atoms with E-state index >= 15 is 0 Å². The Morgan fingerprint density at radius 1 is 1.26 bits per heavy atom. The fourth-order valence-corrected chi connectivity index (χ4v) is 2.71. The first kappa shape index (κ1) is 12.7. The number of rotatable bonds is 6. The summed E-state index contributed by atoms with van der Waals surface area (Å²) < 4.78 is 5.63. The van der Waals surface area contributed by atoms with E-state index < -0.39 is 0 Å². The minimum Gasteiger partial charge on any atom is -0.493 e. The van der Waals surface area contributed by atoms with Gasteiger partial charge in [0.2, 0.25) is 0 Å². The number of Topliss-reactive ketones (excluding diaryl/α,β-unsaturated/α-hetero) is 1. The standard InChI is InChI=1S/C16H21NO2/c18-14(11-17-10-12-5-6-12)9-13-7-8-19-16-4-2-1-3-15(13)16/h1-4,12-13,17H,5-11H2. The van der Waals surface area contributed by atoms with Crippen molar-refractivity contribution in [3.63, 3.8) is 0 Å². The molecule has 3 heteroatoms. The maximum absolute atomic E-state index is 12.0. The van der Waals surface area contributed by atoms with Crippen molar-refractivity contribution < 1.29 is 9.53 Å². The smallest absolute Gasteiger partial charge is 0.147 e. The van der Waals surface area contributed by atoms with Gasteiger partial charge in [0.05, 0.1) is 13.2 Å². The number of hydrogen-bond acceptors (Lipinski definition) is 3. The summed E-state index contributed by atoms with van der Waals surface area (Å²) >= 11 is 0. The van der Waals surface area contributed by atoms with Gasteiger partial charge in [-0.2, -0.15) is 0 Å². The maximum atomic E-state index is 12.0. The Balaban J connectivity index is 1.53. The number of carbonyl (C=O) groups excluding carboxylic acids is 1. The first-order chi connectivity index (χ1) is 9.33. The first-order valence-electron chi connectivity index (χ1n) is 7.27. The molecule has 1 saturated carbocycles. The van der Waals surface area contributed by atoms with E-state index in [2.05, 4.69) is 11.4 Å². The summed E-state index contributed by atoms with van der Waals surface area (Å²) in [5.41, 5.74) is 1.20. The van der Waals surface area contributed by atoms with Crippen LogP contribution < -0.4 is 10.1 Å². The Hall–Kier alpha value is -1.35. The van der Waals surface area contributed by atoms with Gasteiger partial charge in [-0.3, -0.25) is 4.79 Å². The van der Waals surface area contributed by atoms with Crippen LogP contribution in [0.3, 0.4) is 0 Å². The van der Waals surface area contributed by atoms with Gasteiger partial charge in [-0.25, -0.2) is 0 Å². The maximum Gasteiger partial charge on any atom is 0.147 e. The van der Waals surface area contributed by atoms with Crippen molar-refractivity contribution in [1.29, 1.82) is 0 Å². The van der Waals surface area contributed by atoms with Gasteiger partial charge in [0, 0.05) is 6.42 Å². The lowest BCUT2D eigenvalue weighted by Crippen LogP contribution is -2.27. The molecule has 102 valence electrons. The van der Waals surface area contributed by atoms with Gasteiger partial charge >= 0.3 is 0 Å². The van der Waals surface area contributed by atoms with Crippen LogP contribution in [0, 0.1) is 5.92 Å². The van der Waals surface area contributed by atoms with Gasteiger partial charge in [0.25, 0.3) is 0 Å². The molecule has 19 heavy (non-hydrogen) atoms. The highest BCUT2D eigenvalue weighted by atomic mass is 16.5. The first-order valence-corrected chi connectivity index (χ1v) is 7.27. The second-order valence-electron chi connectivity index (χ2n) is 5.69. The molecule has 1 aromatic carbocycles. The minimum absolute atomic E-state index is 0.322. The molecule has 0 amide bonds. The summed E-state index contributed by atoms with van der Waals surface area (Å²) in [4.78, 5) is 12.0. The molecule has 0 spiro atoms. The van der Waals surface area contributed by atoms with Crippen LogP contribution in [0.1, 0.15) is 37.2 Å². The highest BCUT2D eigenvalue weighted by Gasteiger charge is 2.24. The lowest BCUT2D eigenvalue weighted by molar-refractivity contribution is -0.118. The van der Waals surface area contributed by atoms with Crippen LogP contribution in [0.2, 0.25) is 0 Å². The summed E-state index contributed by atoms with van der Waals surface area (Å²) in [6.07, 6.45) is 4.24. The third kappa shape index (κ3) is 3.35. The highest BCUT2D eigenvalue weighted by molar-refractivity contribution is 5.81. The van der Waals surface area contributed by atoms with E-state index in [0.29, 0.717) is 24.7 Å². The summed E-state index contributed by atoms with van der Waals surface area (Å²) in [5.74, 6) is 2.44.